The summed E-state index contributed by atoms with van der Waals surface area (Å²) in [6.45, 7) is 0. The van der Waals surface area contributed by atoms with E-state index >= 15 is 0 Å². The monoisotopic (exact) mass is 536 g/mol. The highest BCUT2D eigenvalue weighted by molar-refractivity contribution is 7.28. The Bertz CT molecular complexity index is 1610. The smallest absolute Gasteiger partial charge is 0.255 e. The number of allylic oxidation sites excluding steroid dienone is 7. The van der Waals surface area contributed by atoms with Crippen LogP contribution in [0.5, 0.6) is 0 Å². The van der Waals surface area contributed by atoms with Crippen LogP contribution in [0.25, 0.3) is 25.8 Å². The third kappa shape index (κ3) is 5.27. The quantitative estimate of drug-likeness (QED) is 0.275. The van der Waals surface area contributed by atoms with E-state index in [4.69, 9.17) is 9.97 Å². The van der Waals surface area contributed by atoms with Crippen molar-refractivity contribution in [2.24, 2.45) is 0 Å². The van der Waals surface area contributed by atoms with Crippen molar-refractivity contribution in [2.45, 2.75) is 25.7 Å². The molecule has 2 heterocycles. The number of nitrogens with zero attached hydrogens (tertiary/aromatic N) is 2. The van der Waals surface area contributed by atoms with Gasteiger partial charge in [-0.25, -0.2) is 9.97 Å². The van der Waals surface area contributed by atoms with Crippen LogP contribution in [0.1, 0.15) is 41.0 Å². The highest BCUT2D eigenvalue weighted by Crippen LogP contribution is 2.37. The number of carbonyl (C=O) groups is 2. The number of thiazole rings is 2. The summed E-state index contributed by atoms with van der Waals surface area (Å²) in [5.41, 5.74) is 5.29. The predicted octanol–water partition coefficient (Wildman–Crippen LogP) is 7.13. The van der Waals surface area contributed by atoms with Crippen molar-refractivity contribution in [2.75, 3.05) is 5.32 Å². The second-order valence-electron chi connectivity index (χ2n) is 9.04. The zero-order chi connectivity index (χ0) is 25.9. The first kappa shape index (κ1) is 24.2. The summed E-state index contributed by atoms with van der Waals surface area (Å²) in [6.07, 6.45) is 13.1. The van der Waals surface area contributed by atoms with Gasteiger partial charge in [0, 0.05) is 28.1 Å². The van der Waals surface area contributed by atoms with Crippen molar-refractivity contribution in [1.29, 1.82) is 0 Å². The third-order valence-corrected chi connectivity index (χ3v) is 8.56. The summed E-state index contributed by atoms with van der Waals surface area (Å²) in [4.78, 5) is 36.4. The average molecular weight is 537 g/mol. The summed E-state index contributed by atoms with van der Waals surface area (Å²) in [6, 6.07) is 17.0. The van der Waals surface area contributed by atoms with Gasteiger partial charge in [0.05, 0.1) is 0 Å². The van der Waals surface area contributed by atoms with Gasteiger partial charge in [0.15, 0.2) is 9.66 Å². The molecule has 2 aromatic carbocycles. The van der Waals surface area contributed by atoms with Crippen LogP contribution in [0.15, 0.2) is 96.2 Å². The Morgan fingerprint density at radius 3 is 2.21 bits per heavy atom. The van der Waals surface area contributed by atoms with E-state index in [-0.39, 0.29) is 11.8 Å². The Kier molecular flexibility index (Phi) is 6.81. The van der Waals surface area contributed by atoms with Crippen LogP contribution < -0.4 is 10.6 Å². The van der Waals surface area contributed by atoms with E-state index in [9.17, 15) is 9.59 Å². The van der Waals surface area contributed by atoms with Crippen LogP contribution in [0.4, 0.5) is 5.69 Å². The lowest BCUT2D eigenvalue weighted by Crippen LogP contribution is -2.23. The number of aromatic nitrogens is 2. The van der Waals surface area contributed by atoms with Crippen LogP contribution in [0.3, 0.4) is 0 Å². The highest BCUT2D eigenvalue weighted by atomic mass is 32.1. The molecule has 2 amide bonds. The van der Waals surface area contributed by atoms with Crippen LogP contribution in [0.2, 0.25) is 0 Å². The molecule has 4 aromatic rings. The number of carbonyl (C=O) groups excluding carboxylic acids is 2. The van der Waals surface area contributed by atoms with Crippen molar-refractivity contribution >= 4 is 55.4 Å². The van der Waals surface area contributed by atoms with Gasteiger partial charge in [0.2, 0.25) is 0 Å². The maximum atomic E-state index is 12.4. The molecule has 0 unspecified atom stereocenters. The number of nitrogens with one attached hydrogen (secondary N) is 2. The van der Waals surface area contributed by atoms with Gasteiger partial charge < -0.3 is 10.6 Å². The van der Waals surface area contributed by atoms with E-state index in [1.807, 2.05) is 78.9 Å². The number of rotatable bonds is 6. The predicted molar refractivity (Wildman–Crippen MR) is 155 cm³/mol. The Balaban J connectivity index is 1.12. The molecule has 0 saturated heterocycles. The normalized spacial score (nSPS) is 15.0. The van der Waals surface area contributed by atoms with Gasteiger partial charge in [-0.1, -0.05) is 65.2 Å². The number of fused-ring (bicyclic) bond motifs is 1. The van der Waals surface area contributed by atoms with E-state index < -0.39 is 0 Å². The molecule has 0 atom stereocenters. The summed E-state index contributed by atoms with van der Waals surface area (Å²) < 4.78 is 0. The number of hydrogen-bond donors (Lipinski definition) is 2. The standard InChI is InChI=1S/C30H24N4O2S2/c35-25(19-7-3-1-4-8-19)31-23-15-11-21(12-16-23)27-33-29-30(37-27)34-28(38-29)22-13-17-24(18-14-22)32-26(36)20-9-5-2-6-10-20/h1-5,7-9,11,13-15,17-18H,6,10,12,16H2,(H,31,35)(H,32,36). The van der Waals surface area contributed by atoms with Gasteiger partial charge in [-0.2, -0.15) is 0 Å². The van der Waals surface area contributed by atoms with Crippen molar-refractivity contribution in [1.82, 2.24) is 15.3 Å². The SMILES string of the molecule is O=C(Nc1ccc(-c2nc3sc(C4=CC=C(NC(=O)c5ccccc5)CC4)nc3s2)cc1)C1=CC=CCC1. The zero-order valence-electron chi connectivity index (χ0n) is 20.4. The first-order chi connectivity index (χ1) is 18.6. The van der Waals surface area contributed by atoms with Crippen molar-refractivity contribution in [3.63, 3.8) is 0 Å². The van der Waals surface area contributed by atoms with E-state index in [0.29, 0.717) is 5.56 Å². The number of amides is 2. The maximum absolute atomic E-state index is 12.4. The highest BCUT2D eigenvalue weighted by Gasteiger charge is 2.18. The Hall–Kier alpha value is -4.14. The lowest BCUT2D eigenvalue weighted by Gasteiger charge is -2.14. The van der Waals surface area contributed by atoms with Gasteiger partial charge in [-0.15, -0.1) is 0 Å². The molecule has 0 saturated carbocycles. The van der Waals surface area contributed by atoms with Gasteiger partial charge in [-0.3, -0.25) is 9.59 Å². The topological polar surface area (TPSA) is 84.0 Å². The van der Waals surface area contributed by atoms with E-state index in [0.717, 1.165) is 73.5 Å². The first-order valence-corrected chi connectivity index (χ1v) is 14.1. The van der Waals surface area contributed by atoms with Crippen LogP contribution in [-0.4, -0.2) is 21.8 Å². The number of benzene rings is 2. The first-order valence-electron chi connectivity index (χ1n) is 12.4. The summed E-state index contributed by atoms with van der Waals surface area (Å²) in [5.74, 6) is -0.138. The average Bonchev–Trinajstić information content (AvgIpc) is 3.55. The summed E-state index contributed by atoms with van der Waals surface area (Å²) in [5, 5.41) is 7.86. The van der Waals surface area contributed by atoms with Gasteiger partial charge in [0.1, 0.15) is 10.0 Å². The Morgan fingerprint density at radius 2 is 1.50 bits per heavy atom. The fraction of sp³-hybridized carbons (Fsp3) is 0.133. The van der Waals surface area contributed by atoms with Crippen LogP contribution in [-0.2, 0) is 4.79 Å². The molecule has 0 aliphatic heterocycles. The summed E-state index contributed by atoms with van der Waals surface area (Å²) in [7, 11) is 0. The number of anilines is 1. The Labute approximate surface area is 228 Å². The minimum Gasteiger partial charge on any atom is -0.326 e. The van der Waals surface area contributed by atoms with Crippen LogP contribution in [0, 0.1) is 0 Å². The second-order valence-corrected chi connectivity index (χ2v) is 11.0. The molecular weight excluding hydrogens is 512 g/mol. The molecule has 0 fully saturated rings. The molecule has 0 bridgehead atoms. The maximum Gasteiger partial charge on any atom is 0.255 e. The molecule has 38 heavy (non-hydrogen) atoms. The molecule has 2 aliphatic carbocycles. The van der Waals surface area contributed by atoms with Crippen molar-refractivity contribution in [3.8, 4) is 10.6 Å². The lowest BCUT2D eigenvalue weighted by atomic mass is 10.0. The molecule has 6 nitrogen and oxygen atoms in total. The Morgan fingerprint density at radius 1 is 0.737 bits per heavy atom. The fourth-order valence-electron chi connectivity index (χ4n) is 4.33. The molecule has 2 aliphatic rings. The molecule has 2 aromatic heterocycles. The third-order valence-electron chi connectivity index (χ3n) is 6.41. The molecule has 0 spiro atoms. The van der Waals surface area contributed by atoms with Crippen LogP contribution >= 0.6 is 22.7 Å². The number of hydrogen-bond acceptors (Lipinski definition) is 6. The zero-order valence-corrected chi connectivity index (χ0v) is 22.1. The van der Waals surface area contributed by atoms with E-state index in [2.05, 4.69) is 16.7 Å². The largest absolute Gasteiger partial charge is 0.326 e. The van der Waals surface area contributed by atoms with Gasteiger partial charge in [-0.05, 0) is 73.7 Å². The molecule has 188 valence electrons. The van der Waals surface area contributed by atoms with Gasteiger partial charge >= 0.3 is 0 Å². The van der Waals surface area contributed by atoms with Crippen molar-refractivity contribution in [3.05, 3.63) is 107 Å². The van der Waals surface area contributed by atoms with E-state index in [1.165, 1.54) is 0 Å². The fourth-order valence-corrected chi connectivity index (χ4v) is 6.43. The van der Waals surface area contributed by atoms with Crippen molar-refractivity contribution < 1.29 is 9.59 Å². The molecular formula is C30H24N4O2S2. The molecule has 0 radical (unpaired) electrons. The molecule has 2 N–H and O–H groups in total. The molecule has 8 heteroatoms. The summed E-state index contributed by atoms with van der Waals surface area (Å²) >= 11 is 3.16. The second kappa shape index (κ2) is 10.7. The van der Waals surface area contributed by atoms with Gasteiger partial charge in [0.25, 0.3) is 11.8 Å². The minimum atomic E-state index is -0.0883. The minimum absolute atomic E-state index is 0.0499. The van der Waals surface area contributed by atoms with E-state index in [1.54, 1.807) is 22.7 Å². The molecule has 6 rings (SSSR count). The lowest BCUT2D eigenvalue weighted by molar-refractivity contribution is -0.113.